The highest BCUT2D eigenvalue weighted by atomic mass is 35.5. The Morgan fingerprint density at radius 1 is 1.50 bits per heavy atom. The number of sulfonamides is 1. The second-order valence-corrected chi connectivity index (χ2v) is 7.63. The van der Waals surface area contributed by atoms with Crippen molar-refractivity contribution in [3.8, 4) is 0 Å². The molecule has 0 radical (unpaired) electrons. The molecule has 0 aliphatic heterocycles. The maximum atomic E-state index is 12.6. The number of halogens is 1. The van der Waals surface area contributed by atoms with Crippen molar-refractivity contribution in [1.82, 2.24) is 9.29 Å². The molecule has 0 fully saturated rings. The van der Waals surface area contributed by atoms with E-state index >= 15 is 0 Å². The van der Waals surface area contributed by atoms with Gasteiger partial charge in [-0.2, -0.15) is 4.31 Å². The third-order valence-corrected chi connectivity index (χ3v) is 6.21. The molecule has 1 atom stereocenters. The van der Waals surface area contributed by atoms with Gasteiger partial charge in [-0.05, 0) is 24.4 Å². The fourth-order valence-electron chi connectivity index (χ4n) is 1.71. The molecule has 0 saturated carbocycles. The van der Waals surface area contributed by atoms with Crippen molar-refractivity contribution in [3.63, 3.8) is 0 Å². The highest BCUT2D eigenvalue weighted by Gasteiger charge is 2.29. The zero-order valence-electron chi connectivity index (χ0n) is 10.9. The largest absolute Gasteiger partial charge is 0.383 e. The normalized spacial score (nSPS) is 13.6. The molecular weight excluding hydrogens is 318 g/mol. The molecule has 20 heavy (non-hydrogen) atoms. The Bertz CT molecular complexity index is 701. The van der Waals surface area contributed by atoms with Crippen LogP contribution >= 0.6 is 22.9 Å². The van der Waals surface area contributed by atoms with Crippen LogP contribution in [-0.2, 0) is 10.0 Å². The molecule has 0 aliphatic rings. The fraction of sp³-hybridized carbons (Fsp3) is 0.250. The number of nitrogen functional groups attached to an aromatic ring is 1. The van der Waals surface area contributed by atoms with Crippen LogP contribution in [0.5, 0.6) is 0 Å². The van der Waals surface area contributed by atoms with E-state index in [0.29, 0.717) is 0 Å². The van der Waals surface area contributed by atoms with Gasteiger partial charge in [-0.15, -0.1) is 11.3 Å². The van der Waals surface area contributed by atoms with Crippen molar-refractivity contribution in [2.45, 2.75) is 17.9 Å². The molecule has 2 rings (SSSR count). The molecule has 0 bridgehead atoms. The van der Waals surface area contributed by atoms with E-state index in [1.807, 2.05) is 24.4 Å². The number of aromatic nitrogens is 1. The molecule has 0 amide bonds. The zero-order chi connectivity index (χ0) is 14.9. The number of hydrogen-bond donors (Lipinski definition) is 1. The van der Waals surface area contributed by atoms with Crippen molar-refractivity contribution in [3.05, 3.63) is 39.7 Å². The molecule has 1 unspecified atom stereocenters. The van der Waals surface area contributed by atoms with Crippen molar-refractivity contribution < 1.29 is 8.42 Å². The minimum Gasteiger partial charge on any atom is -0.383 e. The molecule has 0 aliphatic carbocycles. The number of hydrogen-bond acceptors (Lipinski definition) is 5. The molecular formula is C12H14ClN3O2S2. The van der Waals surface area contributed by atoms with E-state index in [0.717, 1.165) is 4.88 Å². The summed E-state index contributed by atoms with van der Waals surface area (Å²) in [5, 5.41) is 2.14. The summed E-state index contributed by atoms with van der Waals surface area (Å²) < 4.78 is 26.5. The van der Waals surface area contributed by atoms with E-state index in [-0.39, 0.29) is 21.8 Å². The lowest BCUT2D eigenvalue weighted by atomic mass is 10.3. The van der Waals surface area contributed by atoms with Gasteiger partial charge in [0, 0.05) is 18.1 Å². The van der Waals surface area contributed by atoms with Gasteiger partial charge in [0.2, 0.25) is 10.0 Å². The van der Waals surface area contributed by atoms with Crippen LogP contribution in [0.15, 0.2) is 34.7 Å². The number of pyridine rings is 1. The van der Waals surface area contributed by atoms with Crippen LogP contribution in [0.1, 0.15) is 17.8 Å². The first kappa shape index (κ1) is 15.2. The van der Waals surface area contributed by atoms with Gasteiger partial charge in [0.15, 0.2) is 0 Å². The molecule has 5 nitrogen and oxygen atoms in total. The Hall–Kier alpha value is -1.15. The van der Waals surface area contributed by atoms with E-state index in [1.54, 1.807) is 0 Å². The SMILES string of the molecule is CC(c1cccs1)N(C)S(=O)(=O)c1cc(Cl)cnc1N. The predicted molar refractivity (Wildman–Crippen MR) is 81.3 cm³/mol. The summed E-state index contributed by atoms with van der Waals surface area (Å²) in [5.74, 6) is -0.0559. The first-order valence-corrected chi connectivity index (χ1v) is 8.46. The Morgan fingerprint density at radius 2 is 2.20 bits per heavy atom. The molecule has 2 aromatic heterocycles. The Kier molecular flexibility index (Phi) is 4.33. The Morgan fingerprint density at radius 3 is 2.80 bits per heavy atom. The molecule has 2 N–H and O–H groups in total. The maximum Gasteiger partial charge on any atom is 0.247 e. The summed E-state index contributed by atoms with van der Waals surface area (Å²) in [7, 11) is -2.24. The van der Waals surface area contributed by atoms with Gasteiger partial charge >= 0.3 is 0 Å². The van der Waals surface area contributed by atoms with Gasteiger partial charge in [0.05, 0.1) is 11.1 Å². The summed E-state index contributed by atoms with van der Waals surface area (Å²) in [5.41, 5.74) is 5.66. The van der Waals surface area contributed by atoms with Gasteiger partial charge in [0.25, 0.3) is 0 Å². The van der Waals surface area contributed by atoms with Crippen molar-refractivity contribution in [2.75, 3.05) is 12.8 Å². The number of nitrogens with two attached hydrogens (primary N) is 1. The van der Waals surface area contributed by atoms with Crippen molar-refractivity contribution >= 4 is 38.8 Å². The average Bonchev–Trinajstić information content (AvgIpc) is 2.93. The topological polar surface area (TPSA) is 76.3 Å². The summed E-state index contributed by atoms with van der Waals surface area (Å²) in [6.45, 7) is 1.82. The molecule has 0 aromatic carbocycles. The highest BCUT2D eigenvalue weighted by Crippen LogP contribution is 2.30. The van der Waals surface area contributed by atoms with Gasteiger partial charge in [-0.3, -0.25) is 0 Å². The Labute approximate surface area is 127 Å². The van der Waals surface area contributed by atoms with Crippen LogP contribution in [-0.4, -0.2) is 24.8 Å². The van der Waals surface area contributed by atoms with Gasteiger partial charge in [0.1, 0.15) is 10.7 Å². The minimum absolute atomic E-state index is 0.0559. The van der Waals surface area contributed by atoms with Crippen LogP contribution < -0.4 is 5.73 Å². The van der Waals surface area contributed by atoms with E-state index in [4.69, 9.17) is 17.3 Å². The van der Waals surface area contributed by atoms with Gasteiger partial charge < -0.3 is 5.73 Å². The third-order valence-electron chi connectivity index (χ3n) is 3.01. The molecule has 0 saturated heterocycles. The van der Waals surface area contributed by atoms with Crippen molar-refractivity contribution in [1.29, 1.82) is 0 Å². The molecule has 108 valence electrons. The summed E-state index contributed by atoms with van der Waals surface area (Å²) in [6, 6.07) is 4.79. The zero-order valence-corrected chi connectivity index (χ0v) is 13.3. The van der Waals surface area contributed by atoms with E-state index in [9.17, 15) is 8.42 Å². The van der Waals surface area contributed by atoms with Crippen LogP contribution in [0.3, 0.4) is 0 Å². The number of rotatable bonds is 4. The summed E-state index contributed by atoms with van der Waals surface area (Å²) >= 11 is 7.31. The van der Waals surface area contributed by atoms with E-state index in [2.05, 4.69) is 4.98 Å². The van der Waals surface area contributed by atoms with E-state index < -0.39 is 10.0 Å². The molecule has 8 heteroatoms. The fourth-order valence-corrected chi connectivity index (χ4v) is 4.26. The predicted octanol–water partition coefficient (Wildman–Crippen LogP) is 2.76. The lowest BCUT2D eigenvalue weighted by Crippen LogP contribution is -2.30. The molecule has 2 aromatic rings. The summed E-state index contributed by atoms with van der Waals surface area (Å²) in [4.78, 5) is 4.67. The summed E-state index contributed by atoms with van der Waals surface area (Å²) in [6.07, 6.45) is 1.32. The number of thiophene rings is 1. The van der Waals surface area contributed by atoms with Crippen LogP contribution in [0.25, 0.3) is 0 Å². The quantitative estimate of drug-likeness (QED) is 0.934. The Balaban J connectivity index is 2.42. The number of anilines is 1. The lowest BCUT2D eigenvalue weighted by Gasteiger charge is -2.23. The highest BCUT2D eigenvalue weighted by molar-refractivity contribution is 7.89. The average molecular weight is 332 g/mol. The molecule has 2 heterocycles. The number of nitrogens with zero attached hydrogens (tertiary/aromatic N) is 2. The van der Waals surface area contributed by atoms with Crippen LogP contribution in [0.4, 0.5) is 5.82 Å². The van der Waals surface area contributed by atoms with Gasteiger partial charge in [-0.25, -0.2) is 13.4 Å². The smallest absolute Gasteiger partial charge is 0.247 e. The third kappa shape index (κ3) is 2.80. The standard InChI is InChI=1S/C12H14ClN3O2S2/c1-8(10-4-3-5-19-10)16(2)20(17,18)11-6-9(13)7-15-12(11)14/h3-8H,1-2H3,(H2,14,15). The second kappa shape index (κ2) is 5.69. The molecule has 0 spiro atoms. The van der Waals surface area contributed by atoms with E-state index in [1.165, 1.54) is 35.0 Å². The van der Waals surface area contributed by atoms with Gasteiger partial charge in [-0.1, -0.05) is 17.7 Å². The van der Waals surface area contributed by atoms with Crippen LogP contribution in [0.2, 0.25) is 5.02 Å². The monoisotopic (exact) mass is 331 g/mol. The maximum absolute atomic E-state index is 12.6. The minimum atomic E-state index is -3.75. The van der Waals surface area contributed by atoms with Crippen LogP contribution in [0, 0.1) is 0 Å². The first-order valence-electron chi connectivity index (χ1n) is 5.76. The first-order chi connectivity index (χ1) is 9.34. The van der Waals surface area contributed by atoms with Crippen molar-refractivity contribution in [2.24, 2.45) is 0 Å². The second-order valence-electron chi connectivity index (χ2n) is 4.25. The lowest BCUT2D eigenvalue weighted by molar-refractivity contribution is 0.403.